The summed E-state index contributed by atoms with van der Waals surface area (Å²) in [7, 11) is 0. The molecule has 0 saturated heterocycles. The Morgan fingerprint density at radius 3 is 2.75 bits per heavy atom. The van der Waals surface area contributed by atoms with E-state index in [1.165, 1.54) is 30.3 Å². The van der Waals surface area contributed by atoms with Crippen molar-refractivity contribution < 1.29 is 13.6 Å². The maximum atomic E-state index is 13.5. The van der Waals surface area contributed by atoms with Gasteiger partial charge in [0.15, 0.2) is 12.0 Å². The van der Waals surface area contributed by atoms with Crippen LogP contribution in [0.2, 0.25) is 0 Å². The Kier molecular flexibility index (Phi) is 2.52. The van der Waals surface area contributed by atoms with Gasteiger partial charge in [-0.1, -0.05) is 6.07 Å². The molecular weight excluding hydrogens is 209 g/mol. The molecule has 0 unspecified atom stereocenters. The number of aldehydes is 1. The van der Waals surface area contributed by atoms with Crippen molar-refractivity contribution in [2.75, 3.05) is 0 Å². The van der Waals surface area contributed by atoms with Gasteiger partial charge in [0.25, 0.3) is 0 Å². The summed E-state index contributed by atoms with van der Waals surface area (Å²) in [4.78, 5) is 10.4. The van der Waals surface area contributed by atoms with E-state index in [1.54, 1.807) is 0 Å². The van der Waals surface area contributed by atoms with Crippen LogP contribution in [0, 0.1) is 17.1 Å². The Balaban J connectivity index is 2.63. The Labute approximate surface area is 90.7 Å². The van der Waals surface area contributed by atoms with Crippen LogP contribution in [0.5, 0.6) is 0 Å². The number of nitriles is 1. The summed E-state index contributed by atoms with van der Waals surface area (Å²) in [5.74, 6) is -0.273. The minimum absolute atomic E-state index is 0.0816. The van der Waals surface area contributed by atoms with Crippen LogP contribution in [0.15, 0.2) is 34.7 Å². The van der Waals surface area contributed by atoms with Gasteiger partial charge < -0.3 is 4.42 Å². The second kappa shape index (κ2) is 3.99. The van der Waals surface area contributed by atoms with Gasteiger partial charge in [-0.15, -0.1) is 0 Å². The lowest BCUT2D eigenvalue weighted by molar-refractivity contribution is 0.110. The van der Waals surface area contributed by atoms with E-state index < -0.39 is 5.82 Å². The van der Waals surface area contributed by atoms with E-state index in [2.05, 4.69) is 0 Å². The minimum atomic E-state index is -0.550. The molecule has 78 valence electrons. The SMILES string of the molecule is N#Cc1cccc(F)c1-c1ccc(C=O)o1. The van der Waals surface area contributed by atoms with Crippen molar-refractivity contribution in [2.24, 2.45) is 0 Å². The Morgan fingerprint density at radius 1 is 1.31 bits per heavy atom. The first-order chi connectivity index (χ1) is 7.76. The molecule has 2 aromatic rings. The largest absolute Gasteiger partial charge is 0.453 e. The number of nitrogens with zero attached hydrogens (tertiary/aromatic N) is 1. The lowest BCUT2D eigenvalue weighted by Gasteiger charge is -2.01. The third-order valence-corrected chi connectivity index (χ3v) is 2.12. The third kappa shape index (κ3) is 1.59. The second-order valence-electron chi connectivity index (χ2n) is 3.09. The number of furan rings is 1. The molecule has 0 aliphatic heterocycles. The molecule has 0 aliphatic rings. The normalized spacial score (nSPS) is 9.75. The molecule has 0 saturated carbocycles. The lowest BCUT2D eigenvalue weighted by atomic mass is 10.1. The van der Waals surface area contributed by atoms with Crippen LogP contribution in [0.3, 0.4) is 0 Å². The molecule has 0 amide bonds. The maximum absolute atomic E-state index is 13.5. The Bertz CT molecular complexity index is 581. The number of rotatable bonds is 2. The van der Waals surface area contributed by atoms with Gasteiger partial charge in [0.2, 0.25) is 0 Å². The fraction of sp³-hybridized carbons (Fsp3) is 0. The predicted octanol–water partition coefficient (Wildman–Crippen LogP) is 2.77. The zero-order chi connectivity index (χ0) is 11.5. The molecule has 3 nitrogen and oxygen atoms in total. The summed E-state index contributed by atoms with van der Waals surface area (Å²) in [5, 5.41) is 8.84. The zero-order valence-electron chi connectivity index (χ0n) is 8.11. The first-order valence-electron chi connectivity index (χ1n) is 4.50. The Hall–Kier alpha value is -2.41. The lowest BCUT2D eigenvalue weighted by Crippen LogP contribution is -1.87. The molecular formula is C12H6FNO2. The van der Waals surface area contributed by atoms with Gasteiger partial charge in [-0.3, -0.25) is 4.79 Å². The predicted molar refractivity (Wildman–Crippen MR) is 54.2 cm³/mol. The monoisotopic (exact) mass is 215 g/mol. The van der Waals surface area contributed by atoms with Crippen LogP contribution in [0.25, 0.3) is 11.3 Å². The average Bonchev–Trinajstić information content (AvgIpc) is 2.76. The van der Waals surface area contributed by atoms with Crippen molar-refractivity contribution >= 4 is 6.29 Å². The van der Waals surface area contributed by atoms with Gasteiger partial charge in [0, 0.05) is 0 Å². The summed E-state index contributed by atoms with van der Waals surface area (Å²) >= 11 is 0. The summed E-state index contributed by atoms with van der Waals surface area (Å²) in [6.45, 7) is 0. The van der Waals surface area contributed by atoms with Crippen LogP contribution in [-0.4, -0.2) is 6.29 Å². The van der Waals surface area contributed by atoms with E-state index in [4.69, 9.17) is 9.68 Å². The number of hydrogen-bond donors (Lipinski definition) is 0. The summed E-state index contributed by atoms with van der Waals surface area (Å²) in [6, 6.07) is 8.93. The van der Waals surface area contributed by atoms with Crippen LogP contribution in [-0.2, 0) is 0 Å². The Morgan fingerprint density at radius 2 is 2.12 bits per heavy atom. The number of carbonyl (C=O) groups excluding carboxylic acids is 1. The topological polar surface area (TPSA) is 54.0 Å². The van der Waals surface area contributed by atoms with Crippen LogP contribution in [0.1, 0.15) is 16.1 Å². The molecule has 16 heavy (non-hydrogen) atoms. The van der Waals surface area contributed by atoms with Crippen molar-refractivity contribution in [2.45, 2.75) is 0 Å². The number of halogens is 1. The standard InChI is InChI=1S/C12H6FNO2/c13-10-3-1-2-8(6-14)12(10)11-5-4-9(7-15)16-11/h1-5,7H. The summed E-state index contributed by atoms with van der Waals surface area (Å²) in [5.41, 5.74) is 0.255. The molecule has 1 heterocycles. The van der Waals surface area contributed by atoms with Crippen molar-refractivity contribution in [3.63, 3.8) is 0 Å². The van der Waals surface area contributed by atoms with Crippen molar-refractivity contribution in [3.8, 4) is 17.4 Å². The number of benzene rings is 1. The van der Waals surface area contributed by atoms with E-state index in [1.807, 2.05) is 6.07 Å². The third-order valence-electron chi connectivity index (χ3n) is 2.12. The highest BCUT2D eigenvalue weighted by Crippen LogP contribution is 2.27. The molecule has 0 spiro atoms. The zero-order valence-corrected chi connectivity index (χ0v) is 8.11. The minimum Gasteiger partial charge on any atom is -0.453 e. The molecule has 2 rings (SSSR count). The number of hydrogen-bond acceptors (Lipinski definition) is 3. The molecule has 0 bridgehead atoms. The highest BCUT2D eigenvalue weighted by atomic mass is 19.1. The second-order valence-corrected chi connectivity index (χ2v) is 3.09. The molecule has 0 N–H and O–H groups in total. The van der Waals surface area contributed by atoms with Gasteiger partial charge in [-0.25, -0.2) is 4.39 Å². The molecule has 1 aromatic carbocycles. The fourth-order valence-corrected chi connectivity index (χ4v) is 1.42. The van der Waals surface area contributed by atoms with Crippen LogP contribution in [0.4, 0.5) is 4.39 Å². The smallest absolute Gasteiger partial charge is 0.185 e. The van der Waals surface area contributed by atoms with E-state index in [0.29, 0.717) is 6.29 Å². The van der Waals surface area contributed by atoms with Gasteiger partial charge >= 0.3 is 0 Å². The van der Waals surface area contributed by atoms with E-state index in [9.17, 15) is 9.18 Å². The average molecular weight is 215 g/mol. The maximum Gasteiger partial charge on any atom is 0.185 e. The molecule has 1 aromatic heterocycles. The van der Waals surface area contributed by atoms with Crippen LogP contribution < -0.4 is 0 Å². The molecule has 0 fully saturated rings. The first-order valence-corrected chi connectivity index (χ1v) is 4.50. The first kappa shape index (κ1) is 10.1. The quantitative estimate of drug-likeness (QED) is 0.723. The van der Waals surface area contributed by atoms with Crippen molar-refractivity contribution in [1.29, 1.82) is 5.26 Å². The van der Waals surface area contributed by atoms with Crippen molar-refractivity contribution in [1.82, 2.24) is 0 Å². The van der Waals surface area contributed by atoms with Gasteiger partial charge in [-0.05, 0) is 24.3 Å². The van der Waals surface area contributed by atoms with E-state index in [0.717, 1.165) is 0 Å². The summed E-state index contributed by atoms with van der Waals surface area (Å²) in [6.07, 6.45) is 0.524. The highest BCUT2D eigenvalue weighted by molar-refractivity contribution is 5.74. The van der Waals surface area contributed by atoms with Crippen LogP contribution >= 0.6 is 0 Å². The number of carbonyl (C=O) groups is 1. The molecule has 0 aliphatic carbocycles. The summed E-state index contributed by atoms with van der Waals surface area (Å²) < 4.78 is 18.6. The molecule has 4 heteroatoms. The van der Waals surface area contributed by atoms with Gasteiger partial charge in [0.1, 0.15) is 11.6 Å². The highest BCUT2D eigenvalue weighted by Gasteiger charge is 2.14. The van der Waals surface area contributed by atoms with Crippen molar-refractivity contribution in [3.05, 3.63) is 47.5 Å². The van der Waals surface area contributed by atoms with E-state index in [-0.39, 0.29) is 22.6 Å². The van der Waals surface area contributed by atoms with Gasteiger partial charge in [-0.2, -0.15) is 5.26 Å². The van der Waals surface area contributed by atoms with E-state index >= 15 is 0 Å². The molecule has 0 radical (unpaired) electrons. The molecule has 0 atom stereocenters. The van der Waals surface area contributed by atoms with Gasteiger partial charge in [0.05, 0.1) is 17.2 Å². The fourth-order valence-electron chi connectivity index (χ4n) is 1.42.